The van der Waals surface area contributed by atoms with E-state index in [0.717, 1.165) is 18.5 Å². The number of benzene rings is 1. The second-order valence-corrected chi connectivity index (χ2v) is 7.50. The molecule has 1 aliphatic rings. The van der Waals surface area contributed by atoms with Crippen LogP contribution in [0.15, 0.2) is 28.7 Å². The summed E-state index contributed by atoms with van der Waals surface area (Å²) in [4.78, 5) is 2.73. The van der Waals surface area contributed by atoms with E-state index >= 15 is 0 Å². The van der Waals surface area contributed by atoms with E-state index < -0.39 is 0 Å². The van der Waals surface area contributed by atoms with E-state index in [2.05, 4.69) is 34.2 Å². The second kappa shape index (κ2) is 6.59. The molecule has 0 amide bonds. The summed E-state index contributed by atoms with van der Waals surface area (Å²) in [6, 6.07) is 7.78. The van der Waals surface area contributed by atoms with Gasteiger partial charge in [0.1, 0.15) is 5.82 Å². The van der Waals surface area contributed by atoms with Crippen LogP contribution in [0.5, 0.6) is 0 Å². The van der Waals surface area contributed by atoms with Gasteiger partial charge in [0.2, 0.25) is 0 Å². The number of halogens is 2. The maximum Gasteiger partial charge on any atom is 0.142 e. The predicted molar refractivity (Wildman–Crippen MR) is 90.6 cm³/mol. The van der Waals surface area contributed by atoms with E-state index in [1.54, 1.807) is 6.07 Å². The Labute approximate surface area is 137 Å². The van der Waals surface area contributed by atoms with E-state index in [1.807, 2.05) is 23.5 Å². The van der Waals surface area contributed by atoms with Gasteiger partial charge in [0.05, 0.1) is 10.5 Å². The van der Waals surface area contributed by atoms with Crippen molar-refractivity contribution in [2.45, 2.75) is 38.6 Å². The molecule has 112 valence electrons. The molecule has 0 aliphatic heterocycles. The molecule has 0 saturated heterocycles. The van der Waals surface area contributed by atoms with Crippen molar-refractivity contribution in [2.24, 2.45) is 0 Å². The molecule has 1 N–H and O–H groups in total. The first kappa shape index (κ1) is 15.2. The van der Waals surface area contributed by atoms with Crippen molar-refractivity contribution >= 4 is 27.3 Å². The third-order valence-corrected chi connectivity index (χ3v) is 5.86. The lowest BCUT2D eigenvalue weighted by Crippen LogP contribution is -2.23. The van der Waals surface area contributed by atoms with Gasteiger partial charge in [-0.3, -0.25) is 0 Å². The molecule has 1 aliphatic carbocycles. The summed E-state index contributed by atoms with van der Waals surface area (Å²) in [5.41, 5.74) is 2.20. The zero-order valence-electron chi connectivity index (χ0n) is 12.1. The van der Waals surface area contributed by atoms with Gasteiger partial charge in [-0.2, -0.15) is 0 Å². The van der Waals surface area contributed by atoms with Crippen LogP contribution in [0, 0.1) is 5.82 Å². The molecule has 1 aromatic heterocycles. The Balaban J connectivity index is 1.98. The zero-order valence-corrected chi connectivity index (χ0v) is 14.5. The molecule has 0 spiro atoms. The number of nitrogens with one attached hydrogen (secondary N) is 1. The fraction of sp³-hybridized carbons (Fsp3) is 0.412. The molecule has 0 saturated carbocycles. The molecule has 1 unspecified atom stereocenters. The molecule has 0 radical (unpaired) electrons. The van der Waals surface area contributed by atoms with Crippen molar-refractivity contribution in [2.75, 3.05) is 6.54 Å². The monoisotopic (exact) mass is 367 g/mol. The van der Waals surface area contributed by atoms with Crippen LogP contribution in [-0.2, 0) is 12.8 Å². The van der Waals surface area contributed by atoms with Gasteiger partial charge in [0.15, 0.2) is 0 Å². The average Bonchev–Trinajstić information content (AvgIpc) is 3.05. The average molecular weight is 368 g/mol. The van der Waals surface area contributed by atoms with Crippen LogP contribution in [-0.4, -0.2) is 6.54 Å². The first-order chi connectivity index (χ1) is 10.2. The number of rotatable bonds is 5. The summed E-state index contributed by atoms with van der Waals surface area (Å²) in [5, 5.41) is 3.51. The van der Waals surface area contributed by atoms with E-state index in [0.29, 0.717) is 4.47 Å². The van der Waals surface area contributed by atoms with Gasteiger partial charge in [-0.25, -0.2) is 4.39 Å². The Morgan fingerprint density at radius 3 is 3.00 bits per heavy atom. The summed E-state index contributed by atoms with van der Waals surface area (Å²) < 4.78 is 15.0. The standard InChI is InChI=1S/C17H19BrFNS/c1-2-9-20-17(12-6-4-7-13(18)16(12)19)15-10-11-5-3-8-14(11)21-15/h4,6-7,10,17,20H,2-3,5,8-9H2,1H3. The summed E-state index contributed by atoms with van der Waals surface area (Å²) in [7, 11) is 0. The van der Waals surface area contributed by atoms with Crippen LogP contribution < -0.4 is 5.32 Å². The molecule has 2 aromatic rings. The van der Waals surface area contributed by atoms with Crippen molar-refractivity contribution < 1.29 is 4.39 Å². The Bertz CT molecular complexity index is 616. The van der Waals surface area contributed by atoms with Gasteiger partial charge < -0.3 is 5.32 Å². The minimum Gasteiger partial charge on any atom is -0.306 e. The van der Waals surface area contributed by atoms with Crippen LogP contribution in [0.25, 0.3) is 0 Å². The van der Waals surface area contributed by atoms with Crippen LogP contribution >= 0.6 is 27.3 Å². The van der Waals surface area contributed by atoms with Gasteiger partial charge in [-0.05, 0) is 65.9 Å². The normalized spacial score (nSPS) is 15.2. The van der Waals surface area contributed by atoms with Crippen LogP contribution in [0.1, 0.15) is 46.7 Å². The predicted octanol–water partition coefficient (Wildman–Crippen LogP) is 5.23. The van der Waals surface area contributed by atoms with E-state index in [1.165, 1.54) is 34.6 Å². The fourth-order valence-corrected chi connectivity index (χ4v) is 4.62. The summed E-state index contributed by atoms with van der Waals surface area (Å²) in [6.07, 6.45) is 4.66. The molecular weight excluding hydrogens is 349 g/mol. The molecule has 21 heavy (non-hydrogen) atoms. The van der Waals surface area contributed by atoms with Crippen LogP contribution in [0.4, 0.5) is 4.39 Å². The minimum atomic E-state index is -0.153. The number of hydrogen-bond donors (Lipinski definition) is 1. The van der Waals surface area contributed by atoms with Crippen molar-refractivity contribution in [3.05, 3.63) is 55.4 Å². The first-order valence-corrected chi connectivity index (χ1v) is 9.10. The van der Waals surface area contributed by atoms with E-state index in [4.69, 9.17) is 0 Å². The molecule has 3 rings (SSSR count). The summed E-state index contributed by atoms with van der Waals surface area (Å²) in [5.74, 6) is -0.153. The SMILES string of the molecule is CCCNC(c1cc2c(s1)CCC2)c1cccc(Br)c1F. The maximum atomic E-state index is 14.5. The highest BCUT2D eigenvalue weighted by atomic mass is 79.9. The highest BCUT2D eigenvalue weighted by Crippen LogP contribution is 2.37. The Morgan fingerprint density at radius 1 is 1.38 bits per heavy atom. The highest BCUT2D eigenvalue weighted by Gasteiger charge is 2.23. The lowest BCUT2D eigenvalue weighted by atomic mass is 10.0. The Morgan fingerprint density at radius 2 is 2.24 bits per heavy atom. The van der Waals surface area contributed by atoms with E-state index in [-0.39, 0.29) is 11.9 Å². The number of thiophene rings is 1. The van der Waals surface area contributed by atoms with Crippen molar-refractivity contribution in [3.63, 3.8) is 0 Å². The zero-order chi connectivity index (χ0) is 14.8. The van der Waals surface area contributed by atoms with Gasteiger partial charge in [-0.15, -0.1) is 11.3 Å². The molecule has 1 atom stereocenters. The Hall–Kier alpha value is -0.710. The van der Waals surface area contributed by atoms with Crippen molar-refractivity contribution in [1.29, 1.82) is 0 Å². The first-order valence-electron chi connectivity index (χ1n) is 7.49. The number of aryl methyl sites for hydroxylation is 2. The molecular formula is C17H19BrFNS. The third kappa shape index (κ3) is 3.08. The van der Waals surface area contributed by atoms with Crippen LogP contribution in [0.3, 0.4) is 0 Å². The number of hydrogen-bond acceptors (Lipinski definition) is 2. The summed E-state index contributed by atoms with van der Waals surface area (Å²) in [6.45, 7) is 3.02. The van der Waals surface area contributed by atoms with Gasteiger partial charge >= 0.3 is 0 Å². The smallest absolute Gasteiger partial charge is 0.142 e. The number of fused-ring (bicyclic) bond motifs is 1. The topological polar surface area (TPSA) is 12.0 Å². The van der Waals surface area contributed by atoms with Crippen molar-refractivity contribution in [3.8, 4) is 0 Å². The Kier molecular flexibility index (Phi) is 4.77. The maximum absolute atomic E-state index is 14.5. The van der Waals surface area contributed by atoms with Gasteiger partial charge in [0.25, 0.3) is 0 Å². The molecule has 0 fully saturated rings. The lowest BCUT2D eigenvalue weighted by molar-refractivity contribution is 0.547. The van der Waals surface area contributed by atoms with E-state index in [9.17, 15) is 4.39 Å². The lowest BCUT2D eigenvalue weighted by Gasteiger charge is -2.19. The molecule has 0 bridgehead atoms. The third-order valence-electron chi connectivity index (χ3n) is 3.94. The quantitative estimate of drug-likeness (QED) is 0.762. The minimum absolute atomic E-state index is 0.0435. The van der Waals surface area contributed by atoms with Gasteiger partial charge in [0, 0.05) is 15.3 Å². The fourth-order valence-electron chi connectivity index (χ4n) is 2.89. The molecule has 1 nitrogen and oxygen atoms in total. The summed E-state index contributed by atoms with van der Waals surface area (Å²) >= 11 is 5.15. The van der Waals surface area contributed by atoms with Crippen molar-refractivity contribution in [1.82, 2.24) is 5.32 Å². The molecule has 1 heterocycles. The van der Waals surface area contributed by atoms with Crippen LogP contribution in [0.2, 0.25) is 0 Å². The largest absolute Gasteiger partial charge is 0.306 e. The molecule has 4 heteroatoms. The molecule has 1 aromatic carbocycles. The van der Waals surface area contributed by atoms with Gasteiger partial charge in [-0.1, -0.05) is 19.1 Å². The second-order valence-electron chi connectivity index (χ2n) is 5.48. The highest BCUT2D eigenvalue weighted by molar-refractivity contribution is 9.10.